The van der Waals surface area contributed by atoms with E-state index in [9.17, 15) is 4.79 Å². The smallest absolute Gasteiger partial charge is 0.317 e. The van der Waals surface area contributed by atoms with Crippen molar-refractivity contribution in [1.29, 1.82) is 0 Å². The number of hydrogen-bond acceptors (Lipinski definition) is 2. The number of hydrogen-bond donors (Lipinski definition) is 1. The van der Waals surface area contributed by atoms with Crippen LogP contribution in [0.25, 0.3) is 0 Å². The zero-order valence-corrected chi connectivity index (χ0v) is 10.4. The Kier molecular flexibility index (Phi) is 4.54. The van der Waals surface area contributed by atoms with Gasteiger partial charge in [-0.05, 0) is 18.3 Å². The summed E-state index contributed by atoms with van der Waals surface area (Å²) >= 11 is 0. The fourth-order valence-corrected chi connectivity index (χ4v) is 2.79. The van der Waals surface area contributed by atoms with Gasteiger partial charge in [-0.1, -0.05) is 32.8 Å². The van der Waals surface area contributed by atoms with Crippen molar-refractivity contribution in [2.45, 2.75) is 45.6 Å². The molecule has 0 aromatic rings. The number of carboxylic acids is 1. The summed E-state index contributed by atoms with van der Waals surface area (Å²) in [5, 5.41) is 8.94. The lowest BCUT2D eigenvalue weighted by Gasteiger charge is -2.44. The van der Waals surface area contributed by atoms with Crippen LogP contribution < -0.4 is 0 Å². The molecule has 0 bridgehead atoms. The summed E-state index contributed by atoms with van der Waals surface area (Å²) in [6, 6.07) is 0.371. The van der Waals surface area contributed by atoms with Crippen molar-refractivity contribution >= 4 is 5.97 Å². The first-order valence-electron chi connectivity index (χ1n) is 6.04. The van der Waals surface area contributed by atoms with Crippen LogP contribution in [0.15, 0.2) is 12.7 Å². The molecule has 1 unspecified atom stereocenters. The highest BCUT2D eigenvalue weighted by atomic mass is 16.4. The second kappa shape index (κ2) is 5.48. The van der Waals surface area contributed by atoms with E-state index in [0.29, 0.717) is 12.6 Å². The van der Waals surface area contributed by atoms with Crippen LogP contribution in [0.1, 0.15) is 39.5 Å². The van der Waals surface area contributed by atoms with Crippen LogP contribution in [0.3, 0.4) is 0 Å². The number of carbonyl (C=O) groups is 1. The van der Waals surface area contributed by atoms with Crippen LogP contribution >= 0.6 is 0 Å². The highest BCUT2D eigenvalue weighted by Gasteiger charge is 2.36. The van der Waals surface area contributed by atoms with E-state index >= 15 is 0 Å². The van der Waals surface area contributed by atoms with Gasteiger partial charge in [-0.3, -0.25) is 9.69 Å². The molecule has 92 valence electrons. The van der Waals surface area contributed by atoms with Gasteiger partial charge in [0.25, 0.3) is 0 Å². The lowest BCUT2D eigenvalue weighted by Crippen LogP contribution is -2.49. The highest BCUT2D eigenvalue weighted by molar-refractivity contribution is 5.69. The van der Waals surface area contributed by atoms with Crippen LogP contribution in [-0.2, 0) is 4.79 Å². The average Bonchev–Trinajstić information content (AvgIpc) is 2.15. The molecular weight excluding hydrogens is 202 g/mol. The van der Waals surface area contributed by atoms with Gasteiger partial charge in [-0.2, -0.15) is 0 Å². The monoisotopic (exact) mass is 225 g/mol. The standard InChI is InChI=1S/C13H23NO2/c1-4-9-14(10-12(15)16)11-7-5-6-8-13(11,2)3/h4,11H,1,5-10H2,2-3H3,(H,15,16). The molecular formula is C13H23NO2. The fraction of sp³-hybridized carbons (Fsp3) is 0.769. The third-order valence-corrected chi connectivity index (χ3v) is 3.59. The topological polar surface area (TPSA) is 40.5 Å². The molecule has 1 rings (SSSR count). The molecule has 0 heterocycles. The number of carboxylic acid groups (broad SMARTS) is 1. The second-order valence-corrected chi connectivity index (χ2v) is 5.36. The molecule has 0 aromatic carbocycles. The summed E-state index contributed by atoms with van der Waals surface area (Å²) < 4.78 is 0. The molecule has 0 aliphatic heterocycles. The van der Waals surface area contributed by atoms with Gasteiger partial charge < -0.3 is 5.11 Å². The molecule has 1 aliphatic carbocycles. The molecule has 1 saturated carbocycles. The largest absolute Gasteiger partial charge is 0.480 e. The van der Waals surface area contributed by atoms with Gasteiger partial charge in [0.15, 0.2) is 0 Å². The highest BCUT2D eigenvalue weighted by Crippen LogP contribution is 2.38. The van der Waals surface area contributed by atoms with Gasteiger partial charge >= 0.3 is 5.97 Å². The zero-order valence-electron chi connectivity index (χ0n) is 10.4. The van der Waals surface area contributed by atoms with E-state index in [2.05, 4.69) is 25.3 Å². The summed E-state index contributed by atoms with van der Waals surface area (Å²) in [6.45, 7) is 9.00. The summed E-state index contributed by atoms with van der Waals surface area (Å²) in [7, 11) is 0. The number of nitrogens with zero attached hydrogens (tertiary/aromatic N) is 1. The molecule has 3 nitrogen and oxygen atoms in total. The SMILES string of the molecule is C=CCN(CC(=O)O)C1CCCCC1(C)C. The predicted octanol–water partition coefficient (Wildman–Crippen LogP) is 2.53. The van der Waals surface area contributed by atoms with E-state index < -0.39 is 5.97 Å². The Hall–Kier alpha value is -0.830. The van der Waals surface area contributed by atoms with Crippen LogP contribution in [0.4, 0.5) is 0 Å². The predicted molar refractivity (Wildman–Crippen MR) is 65.4 cm³/mol. The average molecular weight is 225 g/mol. The molecule has 1 atom stereocenters. The molecule has 16 heavy (non-hydrogen) atoms. The van der Waals surface area contributed by atoms with E-state index in [1.807, 2.05) is 0 Å². The first kappa shape index (κ1) is 13.2. The minimum atomic E-state index is -0.747. The quantitative estimate of drug-likeness (QED) is 0.731. The Bertz CT molecular complexity index is 261. The summed E-state index contributed by atoms with van der Waals surface area (Å²) in [6.07, 6.45) is 6.56. The van der Waals surface area contributed by atoms with E-state index in [1.165, 1.54) is 19.3 Å². The van der Waals surface area contributed by atoms with Crippen molar-refractivity contribution in [2.75, 3.05) is 13.1 Å². The first-order valence-corrected chi connectivity index (χ1v) is 6.04. The van der Waals surface area contributed by atoms with Crippen molar-refractivity contribution in [3.8, 4) is 0 Å². The Morgan fingerprint density at radius 3 is 2.75 bits per heavy atom. The second-order valence-electron chi connectivity index (χ2n) is 5.36. The minimum absolute atomic E-state index is 0.125. The molecule has 0 saturated heterocycles. The maximum atomic E-state index is 10.9. The molecule has 1 aliphatic rings. The normalized spacial score (nSPS) is 24.3. The fourth-order valence-electron chi connectivity index (χ4n) is 2.79. The number of aliphatic carboxylic acids is 1. The van der Waals surface area contributed by atoms with Crippen molar-refractivity contribution in [1.82, 2.24) is 4.90 Å². The van der Waals surface area contributed by atoms with Crippen LogP contribution in [0.5, 0.6) is 0 Å². The number of rotatable bonds is 5. The summed E-state index contributed by atoms with van der Waals surface area (Å²) in [4.78, 5) is 12.9. The Labute approximate surface area is 98.1 Å². The Morgan fingerprint density at radius 2 is 2.25 bits per heavy atom. The molecule has 0 spiro atoms. The van der Waals surface area contributed by atoms with Crippen molar-refractivity contribution in [2.24, 2.45) is 5.41 Å². The molecule has 0 radical (unpaired) electrons. The van der Waals surface area contributed by atoms with Crippen molar-refractivity contribution in [3.63, 3.8) is 0 Å². The molecule has 1 N–H and O–H groups in total. The van der Waals surface area contributed by atoms with Crippen LogP contribution in [-0.4, -0.2) is 35.1 Å². The lowest BCUT2D eigenvalue weighted by molar-refractivity contribution is -0.139. The van der Waals surface area contributed by atoms with Crippen LogP contribution in [0, 0.1) is 5.41 Å². The van der Waals surface area contributed by atoms with Crippen LogP contribution in [0.2, 0.25) is 0 Å². The molecule has 1 fully saturated rings. The Morgan fingerprint density at radius 1 is 1.56 bits per heavy atom. The van der Waals surface area contributed by atoms with Gasteiger partial charge in [0.2, 0.25) is 0 Å². The van der Waals surface area contributed by atoms with E-state index in [0.717, 1.165) is 6.42 Å². The molecule has 3 heteroatoms. The van der Waals surface area contributed by atoms with Gasteiger partial charge in [0.1, 0.15) is 0 Å². The molecule has 0 aromatic heterocycles. The van der Waals surface area contributed by atoms with Crippen molar-refractivity contribution in [3.05, 3.63) is 12.7 Å². The van der Waals surface area contributed by atoms with Gasteiger partial charge in [0, 0.05) is 12.6 Å². The Balaban J connectivity index is 2.74. The third-order valence-electron chi connectivity index (χ3n) is 3.59. The lowest BCUT2D eigenvalue weighted by atomic mass is 9.72. The van der Waals surface area contributed by atoms with E-state index in [4.69, 9.17) is 5.11 Å². The van der Waals surface area contributed by atoms with Gasteiger partial charge in [-0.25, -0.2) is 0 Å². The molecule has 0 amide bonds. The van der Waals surface area contributed by atoms with E-state index in [1.54, 1.807) is 6.08 Å². The minimum Gasteiger partial charge on any atom is -0.480 e. The van der Waals surface area contributed by atoms with Crippen molar-refractivity contribution < 1.29 is 9.90 Å². The maximum absolute atomic E-state index is 10.9. The summed E-state index contributed by atoms with van der Waals surface area (Å²) in [5.74, 6) is -0.747. The van der Waals surface area contributed by atoms with Gasteiger partial charge in [-0.15, -0.1) is 6.58 Å². The summed E-state index contributed by atoms with van der Waals surface area (Å²) in [5.41, 5.74) is 0.219. The maximum Gasteiger partial charge on any atom is 0.317 e. The van der Waals surface area contributed by atoms with Gasteiger partial charge in [0.05, 0.1) is 6.54 Å². The first-order chi connectivity index (χ1) is 7.47. The van der Waals surface area contributed by atoms with E-state index in [-0.39, 0.29) is 12.0 Å². The third kappa shape index (κ3) is 3.34. The zero-order chi connectivity index (χ0) is 12.2.